The lowest BCUT2D eigenvalue weighted by molar-refractivity contribution is -0.143. The largest absolute Gasteiger partial charge is 0.481 e. The molecule has 0 saturated carbocycles. The zero-order valence-electron chi connectivity index (χ0n) is 27.6. The predicted octanol–water partition coefficient (Wildman–Crippen LogP) is 5.08. The Morgan fingerprint density at radius 3 is 2.39 bits per heavy atom. The van der Waals surface area contributed by atoms with Crippen molar-refractivity contribution in [2.45, 2.75) is 91.3 Å². The van der Waals surface area contributed by atoms with Crippen LogP contribution in [-0.2, 0) is 21.0 Å². The lowest BCUT2D eigenvalue weighted by Crippen LogP contribution is -2.48. The molecular formula is C35H48FN3O7. The number of fused-ring (bicyclic) bond motifs is 1. The van der Waals surface area contributed by atoms with Gasteiger partial charge in [0, 0.05) is 55.8 Å². The number of carboxylic acid groups (broad SMARTS) is 1. The van der Waals surface area contributed by atoms with Crippen molar-refractivity contribution in [3.05, 3.63) is 52.8 Å². The number of carboxylic acids is 1. The zero-order valence-corrected chi connectivity index (χ0v) is 27.6. The second-order valence-corrected chi connectivity index (χ2v) is 12.4. The third kappa shape index (κ3) is 7.63. The normalized spacial score (nSPS) is 19.1. The Kier molecular flexibility index (Phi) is 12.0. The highest BCUT2D eigenvalue weighted by atomic mass is 19.1. The summed E-state index contributed by atoms with van der Waals surface area (Å²) in [5, 5.41) is 20.7. The first kappa shape index (κ1) is 35.2. The maximum atomic E-state index is 14.4. The van der Waals surface area contributed by atoms with Crippen molar-refractivity contribution in [2.24, 2.45) is 5.92 Å². The minimum Gasteiger partial charge on any atom is -0.481 e. The molecule has 0 spiro atoms. The van der Waals surface area contributed by atoms with Gasteiger partial charge in [0.2, 0.25) is 18.6 Å². The van der Waals surface area contributed by atoms with Crippen LogP contribution in [0, 0.1) is 18.7 Å². The van der Waals surface area contributed by atoms with E-state index in [1.165, 1.54) is 13.0 Å². The Morgan fingerprint density at radius 2 is 1.80 bits per heavy atom. The molecule has 0 unspecified atom stereocenters. The summed E-state index contributed by atoms with van der Waals surface area (Å²) < 4.78 is 25.5. The van der Waals surface area contributed by atoms with Crippen molar-refractivity contribution >= 4 is 23.5 Å². The number of aliphatic carboxylic acids is 1. The molecule has 0 aromatic heterocycles. The summed E-state index contributed by atoms with van der Waals surface area (Å²) in [7, 11) is 0. The number of rotatable bonds is 15. The van der Waals surface area contributed by atoms with Gasteiger partial charge >= 0.3 is 5.97 Å². The number of carbonyl (C=O) groups excluding carboxylic acids is 2. The lowest BCUT2D eigenvalue weighted by Gasteiger charge is -2.35. The van der Waals surface area contributed by atoms with E-state index < -0.39 is 23.8 Å². The van der Waals surface area contributed by atoms with Crippen molar-refractivity contribution in [2.75, 3.05) is 37.9 Å². The van der Waals surface area contributed by atoms with Crippen molar-refractivity contribution in [3.63, 3.8) is 0 Å². The topological polar surface area (TPSA) is 120 Å². The average molecular weight is 642 g/mol. The Hall–Kier alpha value is -3.70. The van der Waals surface area contributed by atoms with Gasteiger partial charge in [0.15, 0.2) is 11.5 Å². The van der Waals surface area contributed by atoms with Crippen molar-refractivity contribution < 1.29 is 38.5 Å². The smallest absolute Gasteiger partial charge is 0.308 e. The van der Waals surface area contributed by atoms with Crippen LogP contribution in [0.25, 0.3) is 0 Å². The van der Waals surface area contributed by atoms with E-state index in [-0.39, 0.29) is 50.2 Å². The van der Waals surface area contributed by atoms with Crippen LogP contribution in [0.15, 0.2) is 30.3 Å². The zero-order chi connectivity index (χ0) is 33.5. The molecule has 2 aromatic rings. The fourth-order valence-corrected chi connectivity index (χ4v) is 7.11. The van der Waals surface area contributed by atoms with Crippen LogP contribution in [-0.4, -0.2) is 82.9 Å². The minimum absolute atomic E-state index is 0.00927. The van der Waals surface area contributed by atoms with Crippen LogP contribution in [0.2, 0.25) is 0 Å². The molecule has 2 N–H and O–H groups in total. The molecule has 2 heterocycles. The van der Waals surface area contributed by atoms with Gasteiger partial charge in [-0.05, 0) is 74.6 Å². The lowest BCUT2D eigenvalue weighted by atomic mass is 9.83. The van der Waals surface area contributed by atoms with E-state index in [0.29, 0.717) is 53.4 Å². The first-order chi connectivity index (χ1) is 22.0. The number of ether oxygens (including phenoxy) is 2. The third-order valence-corrected chi connectivity index (χ3v) is 9.36. The van der Waals surface area contributed by atoms with Gasteiger partial charge in [-0.15, -0.1) is 0 Å². The number of likely N-dealkylation sites (tertiary alicyclic amines) is 1. The highest BCUT2D eigenvalue weighted by molar-refractivity contribution is 5.95. The fourth-order valence-electron chi connectivity index (χ4n) is 7.11. The SMILES string of the molecule is CCCC(CCC)N(C(=O)CN1C[C@H](c2cc(CO)c3c(c2)OCO3)[C@@H](C(=O)O)[C@@H]1CCN(CC)C(C)=O)c1ccc(F)c(C)c1. The molecule has 0 aliphatic carbocycles. The van der Waals surface area contributed by atoms with Crippen LogP contribution in [0.4, 0.5) is 10.1 Å². The van der Waals surface area contributed by atoms with Gasteiger partial charge in [0.1, 0.15) is 5.82 Å². The number of benzene rings is 2. The number of nitrogens with zero attached hydrogens (tertiary/aromatic N) is 3. The van der Waals surface area contributed by atoms with Crippen molar-refractivity contribution in [3.8, 4) is 11.5 Å². The number of amides is 2. The van der Waals surface area contributed by atoms with Gasteiger partial charge in [-0.2, -0.15) is 0 Å². The standard InChI is InChI=1S/C35H48FN3O7/c1-6-9-26(10-7-2)39(27-11-12-29(36)22(4)15-27)32(42)19-38-18-28(24-16-25(20-40)34-31(17-24)45-21-46-34)33(35(43)44)30(38)13-14-37(8-3)23(5)41/h11-12,15-17,26,28,30,33,40H,6-10,13-14,18-21H2,1-5H3,(H,43,44)/t28-,30+,33-/m1/s1. The first-order valence-corrected chi connectivity index (χ1v) is 16.4. The summed E-state index contributed by atoms with van der Waals surface area (Å²) in [6.45, 7) is 9.94. The maximum Gasteiger partial charge on any atom is 0.308 e. The predicted molar refractivity (Wildman–Crippen MR) is 172 cm³/mol. The molecule has 0 bridgehead atoms. The van der Waals surface area contributed by atoms with Crippen molar-refractivity contribution in [1.82, 2.24) is 9.80 Å². The van der Waals surface area contributed by atoms with Gasteiger partial charge in [-0.3, -0.25) is 19.3 Å². The Morgan fingerprint density at radius 1 is 1.09 bits per heavy atom. The molecule has 0 radical (unpaired) electrons. The molecule has 46 heavy (non-hydrogen) atoms. The van der Waals surface area contributed by atoms with Crippen LogP contribution < -0.4 is 14.4 Å². The van der Waals surface area contributed by atoms with Crippen LogP contribution >= 0.6 is 0 Å². The van der Waals surface area contributed by atoms with Crippen LogP contribution in [0.1, 0.15) is 82.4 Å². The maximum absolute atomic E-state index is 14.4. The second kappa shape index (κ2) is 15.7. The molecule has 2 amide bonds. The summed E-state index contributed by atoms with van der Waals surface area (Å²) in [6, 6.07) is 7.59. The number of aliphatic hydroxyl groups excluding tert-OH is 1. The summed E-state index contributed by atoms with van der Waals surface area (Å²) in [5.41, 5.74) is 2.25. The van der Waals surface area contributed by atoms with E-state index in [9.17, 15) is 29.0 Å². The van der Waals surface area contributed by atoms with Gasteiger partial charge < -0.3 is 29.5 Å². The Balaban J connectivity index is 1.74. The monoisotopic (exact) mass is 641 g/mol. The molecule has 2 aliphatic heterocycles. The highest BCUT2D eigenvalue weighted by Crippen LogP contribution is 2.44. The number of halogens is 1. The van der Waals surface area contributed by atoms with E-state index in [1.807, 2.05) is 11.8 Å². The fraction of sp³-hybridized carbons (Fsp3) is 0.571. The molecule has 3 atom stereocenters. The molecular weight excluding hydrogens is 593 g/mol. The van der Waals surface area contributed by atoms with Gasteiger partial charge in [0.05, 0.1) is 19.1 Å². The number of carbonyl (C=O) groups is 3. The summed E-state index contributed by atoms with van der Waals surface area (Å²) in [4.78, 5) is 45.1. The second-order valence-electron chi connectivity index (χ2n) is 12.4. The van der Waals surface area contributed by atoms with E-state index in [4.69, 9.17) is 9.47 Å². The molecule has 1 fully saturated rings. The summed E-state index contributed by atoms with van der Waals surface area (Å²) in [5.74, 6) is -2.15. The van der Waals surface area contributed by atoms with Crippen molar-refractivity contribution in [1.29, 1.82) is 0 Å². The quantitative estimate of drug-likeness (QED) is 0.276. The van der Waals surface area contributed by atoms with Gasteiger partial charge in [-0.1, -0.05) is 26.7 Å². The molecule has 4 rings (SSSR count). The Bertz CT molecular complexity index is 1400. The Labute approximate surface area is 271 Å². The number of aryl methyl sites for hydroxylation is 1. The summed E-state index contributed by atoms with van der Waals surface area (Å²) >= 11 is 0. The highest BCUT2D eigenvalue weighted by Gasteiger charge is 2.48. The molecule has 1 saturated heterocycles. The van der Waals surface area contributed by atoms with Crippen LogP contribution in [0.3, 0.4) is 0 Å². The third-order valence-electron chi connectivity index (χ3n) is 9.36. The van der Waals surface area contributed by atoms with Crippen LogP contribution in [0.5, 0.6) is 11.5 Å². The molecule has 252 valence electrons. The molecule has 11 heteroatoms. The minimum atomic E-state index is -1.00. The van der Waals surface area contributed by atoms with E-state index in [0.717, 1.165) is 25.7 Å². The number of aliphatic hydroxyl groups is 1. The first-order valence-electron chi connectivity index (χ1n) is 16.4. The number of hydrogen-bond donors (Lipinski definition) is 2. The average Bonchev–Trinajstić information content (AvgIpc) is 3.64. The number of anilines is 1. The van der Waals surface area contributed by atoms with E-state index in [1.54, 1.807) is 41.0 Å². The number of hydrogen-bond acceptors (Lipinski definition) is 7. The molecule has 10 nitrogen and oxygen atoms in total. The van der Waals surface area contributed by atoms with E-state index in [2.05, 4.69) is 13.8 Å². The summed E-state index contributed by atoms with van der Waals surface area (Å²) in [6.07, 6.45) is 3.61. The van der Waals surface area contributed by atoms with Gasteiger partial charge in [0.25, 0.3) is 0 Å². The van der Waals surface area contributed by atoms with Gasteiger partial charge in [-0.25, -0.2) is 4.39 Å². The molecule has 2 aliphatic rings. The van der Waals surface area contributed by atoms with E-state index >= 15 is 0 Å². The molecule has 2 aromatic carbocycles.